The number of furan rings is 1. The van der Waals surface area contributed by atoms with Crippen LogP contribution < -0.4 is 10.6 Å². The standard InChI is InChI=1S/C45H29N3OS2/c1-2-10-26(11-3-1)43-46-44(27-20-22-39-35(24-27)30-13-5-7-19-38(30)50-39)48-45(47-43)28-21-23-40-36(25-28)34-17-9-16-33(42(34)51-40)32-15-8-14-31-29-12-4-6-18-37(29)49-41(31)32/h1-25,43,45,47H,(H,46,48). The largest absolute Gasteiger partial charge is 0.455 e. The molecule has 2 N–H and O–H groups in total. The van der Waals surface area contributed by atoms with Crippen LogP contribution in [0.4, 0.5) is 0 Å². The van der Waals surface area contributed by atoms with Gasteiger partial charge in [-0.25, -0.2) is 4.99 Å². The van der Waals surface area contributed by atoms with Crippen LogP contribution in [0.25, 0.3) is 73.4 Å². The van der Waals surface area contributed by atoms with E-state index in [0.29, 0.717) is 0 Å². The highest BCUT2D eigenvalue weighted by Gasteiger charge is 2.26. The Morgan fingerprint density at radius 1 is 0.510 bits per heavy atom. The summed E-state index contributed by atoms with van der Waals surface area (Å²) < 4.78 is 11.6. The highest BCUT2D eigenvalue weighted by atomic mass is 32.1. The van der Waals surface area contributed by atoms with Crippen LogP contribution in [0.15, 0.2) is 161 Å². The Balaban J connectivity index is 1.04. The van der Waals surface area contributed by atoms with Gasteiger partial charge in [0.2, 0.25) is 0 Å². The molecule has 0 aliphatic carbocycles. The maximum atomic E-state index is 6.47. The lowest BCUT2D eigenvalue weighted by Crippen LogP contribution is -2.44. The highest BCUT2D eigenvalue weighted by molar-refractivity contribution is 7.26. The Morgan fingerprint density at radius 2 is 1.22 bits per heavy atom. The lowest BCUT2D eigenvalue weighted by atomic mass is 9.99. The van der Waals surface area contributed by atoms with Crippen molar-refractivity contribution in [1.82, 2.24) is 10.6 Å². The molecule has 0 spiro atoms. The summed E-state index contributed by atoms with van der Waals surface area (Å²) in [6.45, 7) is 0. The number of benzene rings is 7. The number of nitrogens with one attached hydrogen (secondary N) is 2. The molecular formula is C45H29N3OS2. The van der Waals surface area contributed by atoms with Gasteiger partial charge in [0, 0.05) is 67.8 Å². The zero-order valence-electron chi connectivity index (χ0n) is 27.3. The second-order valence-electron chi connectivity index (χ2n) is 13.2. The van der Waals surface area contributed by atoms with Crippen molar-refractivity contribution in [3.63, 3.8) is 0 Å². The number of rotatable bonds is 4. The molecule has 0 saturated heterocycles. The molecule has 4 nitrogen and oxygen atoms in total. The van der Waals surface area contributed by atoms with Gasteiger partial charge in [-0.3, -0.25) is 5.32 Å². The van der Waals surface area contributed by atoms with Crippen LogP contribution in [-0.4, -0.2) is 5.84 Å². The molecule has 1 aliphatic heterocycles. The molecule has 0 bridgehead atoms. The van der Waals surface area contributed by atoms with E-state index in [0.717, 1.165) is 44.5 Å². The van der Waals surface area contributed by atoms with Gasteiger partial charge in [-0.05, 0) is 53.6 Å². The first-order valence-corrected chi connectivity index (χ1v) is 18.8. The molecular weight excluding hydrogens is 663 g/mol. The number of para-hydroxylation sites is 2. The van der Waals surface area contributed by atoms with E-state index < -0.39 is 0 Å². The number of hydrogen-bond acceptors (Lipinski definition) is 6. The quantitative estimate of drug-likeness (QED) is 0.193. The minimum absolute atomic E-state index is 0.107. The normalized spacial score (nSPS) is 16.4. The van der Waals surface area contributed by atoms with Crippen molar-refractivity contribution in [3.8, 4) is 11.1 Å². The Hall–Kier alpha value is -5.79. The van der Waals surface area contributed by atoms with Crippen LogP contribution in [0.2, 0.25) is 0 Å². The Bertz CT molecular complexity index is 3010. The number of thiophene rings is 2. The third-order valence-corrected chi connectivity index (χ3v) is 12.5. The summed E-state index contributed by atoms with van der Waals surface area (Å²) in [4.78, 5) is 5.35. The second-order valence-corrected chi connectivity index (χ2v) is 15.3. The summed E-state index contributed by atoms with van der Waals surface area (Å²) >= 11 is 3.68. The Morgan fingerprint density at radius 3 is 2.14 bits per heavy atom. The van der Waals surface area contributed by atoms with Gasteiger partial charge in [0.1, 0.15) is 29.3 Å². The fraction of sp³-hybridized carbons (Fsp3) is 0.0444. The van der Waals surface area contributed by atoms with Crippen LogP contribution in [0, 0.1) is 0 Å². The van der Waals surface area contributed by atoms with Gasteiger partial charge < -0.3 is 9.73 Å². The molecule has 0 fully saturated rings. The van der Waals surface area contributed by atoms with Gasteiger partial charge in [-0.2, -0.15) is 0 Å². The first kappa shape index (κ1) is 29.0. The van der Waals surface area contributed by atoms with Crippen molar-refractivity contribution in [2.75, 3.05) is 0 Å². The summed E-state index contributed by atoms with van der Waals surface area (Å²) in [6.07, 6.45) is -0.349. The van der Waals surface area contributed by atoms with Crippen molar-refractivity contribution in [2.24, 2.45) is 4.99 Å². The molecule has 51 heavy (non-hydrogen) atoms. The lowest BCUT2D eigenvalue weighted by molar-refractivity contribution is 0.409. The zero-order chi connectivity index (χ0) is 33.5. The minimum atomic E-state index is -0.242. The van der Waals surface area contributed by atoms with Crippen molar-refractivity contribution in [2.45, 2.75) is 12.3 Å². The summed E-state index contributed by atoms with van der Waals surface area (Å²) in [5.74, 6) is 0.890. The van der Waals surface area contributed by atoms with Crippen molar-refractivity contribution in [3.05, 3.63) is 168 Å². The predicted molar refractivity (Wildman–Crippen MR) is 216 cm³/mol. The van der Waals surface area contributed by atoms with Gasteiger partial charge in [0.25, 0.3) is 0 Å². The average Bonchev–Trinajstić information content (AvgIpc) is 3.89. The third-order valence-electron chi connectivity index (χ3n) is 10.2. The number of hydrogen-bond donors (Lipinski definition) is 2. The molecule has 2 unspecified atom stereocenters. The smallest absolute Gasteiger partial charge is 0.143 e. The molecule has 7 aromatic carbocycles. The minimum Gasteiger partial charge on any atom is -0.455 e. The Kier molecular flexibility index (Phi) is 6.46. The fourth-order valence-electron chi connectivity index (χ4n) is 7.72. The molecule has 2 atom stereocenters. The van der Waals surface area contributed by atoms with Gasteiger partial charge in [0.05, 0.1) is 0 Å². The molecule has 1 aliphatic rings. The van der Waals surface area contributed by atoms with Gasteiger partial charge >= 0.3 is 0 Å². The third kappa shape index (κ3) is 4.65. The molecule has 242 valence electrons. The van der Waals surface area contributed by atoms with Crippen LogP contribution in [0.1, 0.15) is 29.0 Å². The van der Waals surface area contributed by atoms with Gasteiger partial charge in [0.15, 0.2) is 0 Å². The van der Waals surface area contributed by atoms with E-state index in [1.807, 2.05) is 34.8 Å². The zero-order valence-corrected chi connectivity index (χ0v) is 28.9. The van der Waals surface area contributed by atoms with Crippen LogP contribution in [0.3, 0.4) is 0 Å². The maximum Gasteiger partial charge on any atom is 0.143 e. The molecule has 6 heteroatoms. The van der Waals surface area contributed by atoms with Gasteiger partial charge in [-0.1, -0.05) is 109 Å². The monoisotopic (exact) mass is 691 g/mol. The van der Waals surface area contributed by atoms with E-state index in [4.69, 9.17) is 9.41 Å². The van der Waals surface area contributed by atoms with Crippen LogP contribution >= 0.6 is 22.7 Å². The van der Waals surface area contributed by atoms with E-state index in [1.54, 1.807) is 0 Å². The topological polar surface area (TPSA) is 49.6 Å². The van der Waals surface area contributed by atoms with Crippen molar-refractivity contribution >= 4 is 90.8 Å². The van der Waals surface area contributed by atoms with E-state index in [9.17, 15) is 0 Å². The maximum absolute atomic E-state index is 6.47. The molecule has 0 radical (unpaired) electrons. The van der Waals surface area contributed by atoms with Gasteiger partial charge in [-0.15, -0.1) is 22.7 Å². The fourth-order valence-corrected chi connectivity index (χ4v) is 10.0. The first-order chi connectivity index (χ1) is 25.2. The number of amidine groups is 1. The van der Waals surface area contributed by atoms with Crippen LogP contribution in [-0.2, 0) is 0 Å². The first-order valence-electron chi connectivity index (χ1n) is 17.2. The molecule has 0 saturated carbocycles. The summed E-state index contributed by atoms with van der Waals surface area (Å²) in [5.41, 5.74) is 7.56. The van der Waals surface area contributed by atoms with E-state index in [-0.39, 0.29) is 12.3 Å². The summed E-state index contributed by atoms with van der Waals surface area (Å²) in [6, 6.07) is 54.2. The second kappa shape index (κ2) is 11.4. The molecule has 3 aromatic heterocycles. The average molecular weight is 692 g/mol. The lowest BCUT2D eigenvalue weighted by Gasteiger charge is -2.32. The highest BCUT2D eigenvalue weighted by Crippen LogP contribution is 2.44. The predicted octanol–water partition coefficient (Wildman–Crippen LogP) is 12.3. The molecule has 0 amide bonds. The molecule has 10 aromatic rings. The van der Waals surface area contributed by atoms with E-state index >= 15 is 0 Å². The Labute approximate surface area is 301 Å². The van der Waals surface area contributed by atoms with Crippen molar-refractivity contribution in [1.29, 1.82) is 0 Å². The number of nitrogens with zero attached hydrogens (tertiary/aromatic N) is 1. The summed E-state index contributed by atoms with van der Waals surface area (Å²) in [7, 11) is 0. The number of aliphatic imine (C=N–C) groups is 1. The van der Waals surface area contributed by atoms with Crippen molar-refractivity contribution < 1.29 is 4.42 Å². The van der Waals surface area contributed by atoms with E-state index in [1.165, 1.54) is 51.5 Å². The van der Waals surface area contributed by atoms with E-state index in [2.05, 4.69) is 150 Å². The van der Waals surface area contributed by atoms with Crippen LogP contribution in [0.5, 0.6) is 0 Å². The summed E-state index contributed by atoms with van der Waals surface area (Å²) in [5, 5.41) is 14.9. The SMILES string of the molecule is c1ccc(C2NC(c3ccc4sc5ccccc5c4c3)=NC(c3ccc4sc5c(-c6cccc7c6oc6ccccc67)cccc5c4c3)N2)cc1. The molecule has 4 heterocycles. The number of fused-ring (bicyclic) bond motifs is 9. The molecule has 11 rings (SSSR count).